The molecule has 0 radical (unpaired) electrons. The number of hydrogen-bond donors (Lipinski definition) is 2. The quantitative estimate of drug-likeness (QED) is 0.314. The van der Waals surface area contributed by atoms with Crippen LogP contribution in [0.15, 0.2) is 76.1 Å². The summed E-state index contributed by atoms with van der Waals surface area (Å²) in [6.07, 6.45) is -2.33. The third-order valence-electron chi connectivity index (χ3n) is 4.52. The summed E-state index contributed by atoms with van der Waals surface area (Å²) >= 11 is 4.57. The standard InChI is InChI=1S/C23H22F3N3S3/c1-14(27-3)21(32-15(2)28-18-9-11-19(30-4)12-10-18)22-29-20(13-31-22)16-5-7-17(8-6-16)23(24,25)26/h5-13,27-28H,2H2,1,3-4H3/b21-14+. The molecule has 9 heteroatoms. The number of nitrogens with zero attached hydrogens (tertiary/aromatic N) is 1. The van der Waals surface area contributed by atoms with E-state index in [2.05, 4.69) is 22.2 Å². The smallest absolute Gasteiger partial charge is 0.391 e. The van der Waals surface area contributed by atoms with Gasteiger partial charge in [-0.2, -0.15) is 13.2 Å². The van der Waals surface area contributed by atoms with Crippen LogP contribution in [0.2, 0.25) is 0 Å². The number of allylic oxidation sites excluding steroid dienone is 1. The summed E-state index contributed by atoms with van der Waals surface area (Å²) in [5.41, 5.74) is 2.45. The van der Waals surface area contributed by atoms with Crippen molar-refractivity contribution in [2.75, 3.05) is 18.6 Å². The zero-order chi connectivity index (χ0) is 23.3. The molecule has 3 rings (SSSR count). The van der Waals surface area contributed by atoms with Gasteiger partial charge in [-0.15, -0.1) is 23.1 Å². The molecule has 0 spiro atoms. The van der Waals surface area contributed by atoms with Crippen LogP contribution in [0.4, 0.5) is 18.9 Å². The van der Waals surface area contributed by atoms with Crippen molar-refractivity contribution in [3.63, 3.8) is 0 Å². The number of rotatable bonds is 8. The summed E-state index contributed by atoms with van der Waals surface area (Å²) in [6.45, 7) is 6.07. The third-order valence-corrected chi connectivity index (χ3v) is 7.31. The molecule has 3 nitrogen and oxygen atoms in total. The minimum Gasteiger partial charge on any atom is -0.391 e. The Bertz CT molecular complexity index is 1100. The molecule has 0 saturated carbocycles. The van der Waals surface area contributed by atoms with E-state index in [-0.39, 0.29) is 0 Å². The number of thioether (sulfide) groups is 2. The first-order valence-corrected chi connectivity index (χ1v) is 12.4. The van der Waals surface area contributed by atoms with Crippen LogP contribution in [0.5, 0.6) is 0 Å². The van der Waals surface area contributed by atoms with Crippen molar-refractivity contribution in [3.8, 4) is 11.3 Å². The van der Waals surface area contributed by atoms with E-state index in [4.69, 9.17) is 0 Å². The fraction of sp³-hybridized carbons (Fsp3) is 0.174. The Labute approximate surface area is 198 Å². The average Bonchev–Trinajstić information content (AvgIpc) is 3.27. The lowest BCUT2D eigenvalue weighted by atomic mass is 10.1. The number of thiazole rings is 1. The minimum atomic E-state index is -4.36. The van der Waals surface area contributed by atoms with Gasteiger partial charge >= 0.3 is 6.18 Å². The molecular formula is C23H22F3N3S3. The van der Waals surface area contributed by atoms with E-state index >= 15 is 0 Å². The SMILES string of the molecule is C=C(Nc1ccc(SC)cc1)S/C(=C(\C)NC)c1nc(-c2ccc(C(F)(F)F)cc2)cs1. The van der Waals surface area contributed by atoms with Gasteiger partial charge in [-0.1, -0.05) is 30.5 Å². The lowest BCUT2D eigenvalue weighted by Gasteiger charge is -2.13. The van der Waals surface area contributed by atoms with Gasteiger partial charge in [0.05, 0.1) is 21.2 Å². The average molecular weight is 494 g/mol. The summed E-state index contributed by atoms with van der Waals surface area (Å²) in [5.74, 6) is 0. The number of anilines is 1. The predicted molar refractivity (Wildman–Crippen MR) is 133 cm³/mol. The molecule has 0 bridgehead atoms. The van der Waals surface area contributed by atoms with Gasteiger partial charge in [0.1, 0.15) is 5.01 Å². The number of aromatic nitrogens is 1. The van der Waals surface area contributed by atoms with Crippen LogP contribution in [0.1, 0.15) is 17.5 Å². The topological polar surface area (TPSA) is 37.0 Å². The van der Waals surface area contributed by atoms with Crippen LogP contribution < -0.4 is 10.6 Å². The van der Waals surface area contributed by atoms with Gasteiger partial charge in [-0.3, -0.25) is 0 Å². The first kappa shape index (κ1) is 24.3. The normalized spacial score (nSPS) is 12.3. The number of hydrogen-bond acceptors (Lipinski definition) is 6. The van der Waals surface area contributed by atoms with E-state index < -0.39 is 11.7 Å². The Hall–Kier alpha value is -2.36. The van der Waals surface area contributed by atoms with Gasteiger partial charge in [0.2, 0.25) is 0 Å². The highest BCUT2D eigenvalue weighted by Crippen LogP contribution is 2.38. The zero-order valence-corrected chi connectivity index (χ0v) is 20.2. The van der Waals surface area contributed by atoms with Crippen LogP contribution in [0.25, 0.3) is 16.2 Å². The number of benzene rings is 2. The maximum absolute atomic E-state index is 12.8. The van der Waals surface area contributed by atoms with Crippen molar-refractivity contribution < 1.29 is 13.2 Å². The van der Waals surface area contributed by atoms with Crippen molar-refractivity contribution in [2.45, 2.75) is 18.0 Å². The van der Waals surface area contributed by atoms with Gasteiger partial charge in [-0.25, -0.2) is 4.98 Å². The Morgan fingerprint density at radius 2 is 1.72 bits per heavy atom. The fourth-order valence-electron chi connectivity index (χ4n) is 2.72. The van der Waals surface area contributed by atoms with E-state index in [1.54, 1.807) is 11.8 Å². The summed E-state index contributed by atoms with van der Waals surface area (Å²) in [4.78, 5) is 6.75. The molecule has 0 aliphatic rings. The number of alkyl halides is 3. The first-order chi connectivity index (χ1) is 15.2. The van der Waals surface area contributed by atoms with Gasteiger partial charge in [0, 0.05) is 34.3 Å². The van der Waals surface area contributed by atoms with Crippen LogP contribution in [0, 0.1) is 0 Å². The largest absolute Gasteiger partial charge is 0.416 e. The first-order valence-electron chi connectivity index (χ1n) is 9.51. The second-order valence-corrected chi connectivity index (χ2v) is 9.54. The van der Waals surface area contributed by atoms with E-state index in [0.29, 0.717) is 11.3 Å². The summed E-state index contributed by atoms with van der Waals surface area (Å²) in [5, 5.41) is 9.79. The molecular weight excluding hydrogens is 471 g/mol. The van der Waals surface area contributed by atoms with Gasteiger partial charge < -0.3 is 10.6 Å². The maximum Gasteiger partial charge on any atom is 0.416 e. The third kappa shape index (κ3) is 6.11. The summed E-state index contributed by atoms with van der Waals surface area (Å²) < 4.78 is 38.5. The molecule has 0 unspecified atom stereocenters. The highest BCUT2D eigenvalue weighted by Gasteiger charge is 2.30. The molecule has 32 heavy (non-hydrogen) atoms. The Morgan fingerprint density at radius 1 is 1.06 bits per heavy atom. The van der Waals surface area contributed by atoms with Crippen molar-refractivity contribution in [1.82, 2.24) is 10.3 Å². The van der Waals surface area contributed by atoms with Crippen LogP contribution in [-0.4, -0.2) is 18.3 Å². The Balaban J connectivity index is 1.78. The van der Waals surface area contributed by atoms with E-state index in [0.717, 1.165) is 38.5 Å². The van der Waals surface area contributed by atoms with Crippen molar-refractivity contribution in [3.05, 3.63) is 81.8 Å². The van der Waals surface area contributed by atoms with E-state index in [1.807, 2.05) is 49.9 Å². The van der Waals surface area contributed by atoms with Crippen LogP contribution in [0.3, 0.4) is 0 Å². The second kappa shape index (κ2) is 10.5. The molecule has 0 fully saturated rings. The Morgan fingerprint density at radius 3 is 2.28 bits per heavy atom. The number of halogens is 3. The molecule has 3 aromatic rings. The molecule has 2 N–H and O–H groups in total. The maximum atomic E-state index is 12.8. The molecule has 2 aromatic carbocycles. The summed E-state index contributed by atoms with van der Waals surface area (Å²) in [7, 11) is 1.83. The molecule has 168 valence electrons. The van der Waals surface area contributed by atoms with Crippen molar-refractivity contribution in [2.24, 2.45) is 0 Å². The van der Waals surface area contributed by atoms with E-state index in [1.165, 1.54) is 40.1 Å². The van der Waals surface area contributed by atoms with Gasteiger partial charge in [0.25, 0.3) is 0 Å². The number of nitrogens with one attached hydrogen (secondary N) is 2. The predicted octanol–water partition coefficient (Wildman–Crippen LogP) is 7.78. The molecule has 0 atom stereocenters. The molecule has 0 aliphatic heterocycles. The molecule has 0 saturated heterocycles. The monoisotopic (exact) mass is 493 g/mol. The van der Waals surface area contributed by atoms with Crippen molar-refractivity contribution in [1.29, 1.82) is 0 Å². The van der Waals surface area contributed by atoms with E-state index in [9.17, 15) is 13.2 Å². The lowest BCUT2D eigenvalue weighted by molar-refractivity contribution is -0.137. The molecule has 0 amide bonds. The highest BCUT2D eigenvalue weighted by molar-refractivity contribution is 8.12. The summed E-state index contributed by atoms with van der Waals surface area (Å²) in [6, 6.07) is 13.1. The zero-order valence-electron chi connectivity index (χ0n) is 17.7. The van der Waals surface area contributed by atoms with Crippen molar-refractivity contribution >= 4 is 45.5 Å². The van der Waals surface area contributed by atoms with Gasteiger partial charge in [0.15, 0.2) is 0 Å². The molecule has 0 aliphatic carbocycles. The van der Waals surface area contributed by atoms with Gasteiger partial charge in [-0.05, 0) is 49.6 Å². The molecule has 1 aromatic heterocycles. The van der Waals surface area contributed by atoms with Crippen LogP contribution >= 0.6 is 34.9 Å². The fourth-order valence-corrected chi connectivity index (χ4v) is 5.02. The lowest BCUT2D eigenvalue weighted by Crippen LogP contribution is -2.05. The Kier molecular flexibility index (Phi) is 7.97. The molecule has 1 heterocycles. The van der Waals surface area contributed by atoms with Crippen LogP contribution in [-0.2, 0) is 6.18 Å². The highest BCUT2D eigenvalue weighted by atomic mass is 32.2. The second-order valence-electron chi connectivity index (χ2n) is 6.70. The minimum absolute atomic E-state index is 0.631.